The van der Waals surface area contributed by atoms with Crippen LogP contribution in [-0.2, 0) is 0 Å². The van der Waals surface area contributed by atoms with Crippen LogP contribution in [0, 0.1) is 0 Å². The molecule has 0 fully saturated rings. The molecule has 0 saturated carbocycles. The first-order chi connectivity index (χ1) is 7.15. The second-order valence-corrected chi connectivity index (χ2v) is 4.66. The van der Waals surface area contributed by atoms with Crippen molar-refractivity contribution < 1.29 is 0 Å². The first kappa shape index (κ1) is 10.6. The molecule has 2 N–H and O–H groups in total. The average Bonchev–Trinajstić information content (AvgIpc) is 2.56. The van der Waals surface area contributed by atoms with Gasteiger partial charge in [0.2, 0.25) is 0 Å². The average molecular weight is 244 g/mol. The lowest BCUT2D eigenvalue weighted by atomic mass is 10.1. The molecule has 2 heterocycles. The molecule has 2 rings (SSSR count). The number of nitrogens with zero attached hydrogens (tertiary/aromatic N) is 2. The highest BCUT2D eigenvalue weighted by molar-refractivity contribution is 7.17. The number of hydrogen-bond acceptors (Lipinski definition) is 4. The normalized spacial score (nSPS) is 13.3. The topological polar surface area (TPSA) is 60.4 Å². The van der Waals surface area contributed by atoms with Gasteiger partial charge in [0.15, 0.2) is 4.96 Å². The highest BCUT2D eigenvalue weighted by atomic mass is 35.5. The molecule has 1 unspecified atom stereocenters. The van der Waals surface area contributed by atoms with Crippen molar-refractivity contribution in [3.63, 3.8) is 0 Å². The smallest absolute Gasteiger partial charge is 0.259 e. The number of aromatic nitrogens is 2. The van der Waals surface area contributed by atoms with Crippen molar-refractivity contribution in [2.24, 2.45) is 5.73 Å². The van der Waals surface area contributed by atoms with Crippen LogP contribution in [0.5, 0.6) is 0 Å². The van der Waals surface area contributed by atoms with Crippen molar-refractivity contribution in [1.29, 1.82) is 0 Å². The van der Waals surface area contributed by atoms with E-state index in [4.69, 9.17) is 17.3 Å². The molecule has 1 atom stereocenters. The van der Waals surface area contributed by atoms with Gasteiger partial charge in [0, 0.05) is 23.1 Å². The zero-order valence-corrected chi connectivity index (χ0v) is 9.68. The molecule has 0 bridgehead atoms. The lowest BCUT2D eigenvalue weighted by Gasteiger charge is -2.04. The number of rotatable bonds is 2. The monoisotopic (exact) mass is 243 g/mol. The van der Waals surface area contributed by atoms with Crippen LogP contribution in [0.15, 0.2) is 17.1 Å². The molecule has 4 nitrogen and oxygen atoms in total. The summed E-state index contributed by atoms with van der Waals surface area (Å²) in [7, 11) is 0. The van der Waals surface area contributed by atoms with Crippen molar-refractivity contribution in [3.8, 4) is 0 Å². The number of fused-ring (bicyclic) bond motifs is 1. The Balaban J connectivity index is 2.75. The number of nitrogens with two attached hydrogens (primary N) is 1. The molecule has 0 saturated heterocycles. The molecule has 0 aliphatic heterocycles. The van der Waals surface area contributed by atoms with E-state index in [1.165, 1.54) is 28.0 Å². The summed E-state index contributed by atoms with van der Waals surface area (Å²) in [5.41, 5.74) is 5.42. The van der Waals surface area contributed by atoms with Crippen molar-refractivity contribution in [1.82, 2.24) is 9.38 Å². The Kier molecular flexibility index (Phi) is 2.77. The Morgan fingerprint density at radius 3 is 3.07 bits per heavy atom. The van der Waals surface area contributed by atoms with Crippen LogP contribution in [0.3, 0.4) is 0 Å². The predicted octanol–water partition coefficient (Wildman–Crippen LogP) is 1.47. The molecular weight excluding hydrogens is 234 g/mol. The second kappa shape index (κ2) is 3.92. The third-order valence-corrected chi connectivity index (χ3v) is 3.99. The van der Waals surface area contributed by atoms with E-state index in [-0.39, 0.29) is 11.5 Å². The predicted molar refractivity (Wildman–Crippen MR) is 61.8 cm³/mol. The fourth-order valence-electron chi connectivity index (χ4n) is 1.31. The van der Waals surface area contributed by atoms with E-state index in [9.17, 15) is 4.79 Å². The largest absolute Gasteiger partial charge is 0.330 e. The maximum Gasteiger partial charge on any atom is 0.259 e. The zero-order valence-electron chi connectivity index (χ0n) is 8.11. The maximum absolute atomic E-state index is 11.5. The van der Waals surface area contributed by atoms with Gasteiger partial charge in [-0.1, -0.05) is 29.9 Å². The Morgan fingerprint density at radius 2 is 2.47 bits per heavy atom. The van der Waals surface area contributed by atoms with E-state index in [0.717, 1.165) is 4.88 Å². The number of hydrogen-bond donors (Lipinski definition) is 1. The van der Waals surface area contributed by atoms with Crippen LogP contribution in [0.25, 0.3) is 4.96 Å². The first-order valence-electron chi connectivity index (χ1n) is 4.51. The van der Waals surface area contributed by atoms with Crippen molar-refractivity contribution in [2.45, 2.75) is 12.8 Å². The summed E-state index contributed by atoms with van der Waals surface area (Å²) in [6.45, 7) is 2.48. The van der Waals surface area contributed by atoms with E-state index < -0.39 is 0 Å². The van der Waals surface area contributed by atoms with Gasteiger partial charge in [-0.15, -0.1) is 0 Å². The standard InChI is InChI=1S/C9H10ClN3OS/c1-5(4-11)7-8(10)13-6(14)2-3-12-9(13)15-7/h2-3,5H,4,11H2,1H3. The SMILES string of the molecule is CC(CN)c1sc2nccc(=O)n2c1Cl. The molecule has 2 aromatic heterocycles. The second-order valence-electron chi connectivity index (χ2n) is 3.29. The number of thiazole rings is 1. The summed E-state index contributed by atoms with van der Waals surface area (Å²) in [6.07, 6.45) is 1.49. The van der Waals surface area contributed by atoms with Gasteiger partial charge < -0.3 is 5.73 Å². The molecule has 0 radical (unpaired) electrons. The molecule has 15 heavy (non-hydrogen) atoms. The molecule has 2 aromatic rings. The lowest BCUT2D eigenvalue weighted by Crippen LogP contribution is -2.12. The summed E-state index contributed by atoms with van der Waals surface area (Å²) in [4.78, 5) is 17.2. The van der Waals surface area contributed by atoms with Gasteiger partial charge >= 0.3 is 0 Å². The summed E-state index contributed by atoms with van der Waals surface area (Å²) in [6, 6.07) is 1.39. The quantitative estimate of drug-likeness (QED) is 0.869. The highest BCUT2D eigenvalue weighted by Gasteiger charge is 2.16. The zero-order chi connectivity index (χ0) is 11.0. The fourth-order valence-corrected chi connectivity index (χ4v) is 2.88. The summed E-state index contributed by atoms with van der Waals surface area (Å²) in [5.74, 6) is 0.142. The van der Waals surface area contributed by atoms with Gasteiger partial charge in [0.1, 0.15) is 5.15 Å². The van der Waals surface area contributed by atoms with Crippen LogP contribution < -0.4 is 11.3 Å². The Hall–Kier alpha value is -0.910. The summed E-state index contributed by atoms with van der Waals surface area (Å²) in [5, 5.41) is 0.436. The Labute approximate surface area is 95.3 Å². The van der Waals surface area contributed by atoms with E-state index in [1.807, 2.05) is 6.92 Å². The van der Waals surface area contributed by atoms with Crippen molar-refractivity contribution in [2.75, 3.05) is 6.54 Å². The summed E-state index contributed by atoms with van der Waals surface area (Å²) >= 11 is 7.52. The molecule has 6 heteroatoms. The van der Waals surface area contributed by atoms with Crippen LogP contribution in [0.1, 0.15) is 17.7 Å². The van der Waals surface area contributed by atoms with Gasteiger partial charge in [-0.2, -0.15) is 0 Å². The molecule has 80 valence electrons. The Morgan fingerprint density at radius 1 is 1.73 bits per heavy atom. The van der Waals surface area contributed by atoms with Gasteiger partial charge in [-0.25, -0.2) is 9.38 Å². The minimum Gasteiger partial charge on any atom is -0.330 e. The Bertz CT molecular complexity index is 548. The van der Waals surface area contributed by atoms with Gasteiger partial charge in [0.25, 0.3) is 5.56 Å². The van der Waals surface area contributed by atoms with Crippen LogP contribution in [0.4, 0.5) is 0 Å². The first-order valence-corrected chi connectivity index (χ1v) is 5.70. The minimum absolute atomic E-state index is 0.142. The summed E-state index contributed by atoms with van der Waals surface area (Å²) < 4.78 is 1.41. The molecule has 0 amide bonds. The molecule has 0 aromatic carbocycles. The highest BCUT2D eigenvalue weighted by Crippen LogP contribution is 2.30. The lowest BCUT2D eigenvalue weighted by molar-refractivity contribution is 0.785. The molecular formula is C9H10ClN3OS. The third-order valence-electron chi connectivity index (χ3n) is 2.22. The third kappa shape index (κ3) is 1.67. The number of halogens is 1. The maximum atomic E-state index is 11.5. The van der Waals surface area contributed by atoms with E-state index in [1.54, 1.807) is 0 Å². The van der Waals surface area contributed by atoms with Crippen molar-refractivity contribution >= 4 is 27.9 Å². The van der Waals surface area contributed by atoms with Crippen molar-refractivity contribution in [3.05, 3.63) is 32.6 Å². The van der Waals surface area contributed by atoms with Gasteiger partial charge in [-0.05, 0) is 6.54 Å². The van der Waals surface area contributed by atoms with E-state index in [2.05, 4.69) is 4.98 Å². The van der Waals surface area contributed by atoms with Gasteiger partial charge in [0.05, 0.1) is 0 Å². The van der Waals surface area contributed by atoms with E-state index >= 15 is 0 Å². The van der Waals surface area contributed by atoms with Crippen LogP contribution >= 0.6 is 22.9 Å². The molecule has 0 aliphatic carbocycles. The molecule has 0 aliphatic rings. The van der Waals surface area contributed by atoms with E-state index in [0.29, 0.717) is 16.7 Å². The van der Waals surface area contributed by atoms with Crippen LogP contribution in [-0.4, -0.2) is 15.9 Å². The van der Waals surface area contributed by atoms with Crippen LogP contribution in [0.2, 0.25) is 5.15 Å². The van der Waals surface area contributed by atoms with Gasteiger partial charge in [-0.3, -0.25) is 4.79 Å². The molecule has 0 spiro atoms. The fraction of sp³-hybridized carbons (Fsp3) is 0.333. The minimum atomic E-state index is -0.156.